The molecule has 0 fully saturated rings. The molecular weight excluding hydrogens is 294 g/mol. The number of aromatic nitrogens is 4. The molecule has 0 amide bonds. The Bertz CT molecular complexity index is 836. The molecule has 0 radical (unpaired) electrons. The van der Waals surface area contributed by atoms with E-state index in [-0.39, 0.29) is 10.6 Å². The number of imidazole rings is 1. The number of nitrogens with zero attached hydrogens (tertiary/aromatic N) is 5. The van der Waals surface area contributed by atoms with Crippen LogP contribution in [0.15, 0.2) is 42.7 Å². The van der Waals surface area contributed by atoms with E-state index in [1.807, 2.05) is 29.0 Å². The molecule has 3 rings (SSSR count). The Balaban J connectivity index is 1.86. The van der Waals surface area contributed by atoms with Gasteiger partial charge < -0.3 is 4.57 Å². The molecule has 7 heteroatoms. The smallest absolute Gasteiger partial charge is 0.312 e. The van der Waals surface area contributed by atoms with Crippen LogP contribution < -0.4 is 0 Å². The van der Waals surface area contributed by atoms with Gasteiger partial charge in [0.25, 0.3) is 0 Å². The van der Waals surface area contributed by atoms with Crippen molar-refractivity contribution in [2.75, 3.05) is 0 Å². The van der Waals surface area contributed by atoms with Crippen molar-refractivity contribution in [2.45, 2.75) is 26.9 Å². The Hall–Kier alpha value is -2.96. The monoisotopic (exact) mass is 311 g/mol. The molecule has 0 N–H and O–H groups in total. The number of nitro groups is 1. The van der Waals surface area contributed by atoms with Gasteiger partial charge in [0.1, 0.15) is 17.2 Å². The Morgan fingerprint density at radius 2 is 1.91 bits per heavy atom. The van der Waals surface area contributed by atoms with E-state index in [1.165, 1.54) is 5.56 Å². The van der Waals surface area contributed by atoms with Crippen molar-refractivity contribution < 1.29 is 4.92 Å². The maximum Gasteiger partial charge on any atom is 0.312 e. The van der Waals surface area contributed by atoms with E-state index in [0.717, 1.165) is 5.82 Å². The predicted molar refractivity (Wildman–Crippen MR) is 85.2 cm³/mol. The molecule has 0 spiro atoms. The van der Waals surface area contributed by atoms with Gasteiger partial charge in [-0.3, -0.25) is 14.8 Å². The van der Waals surface area contributed by atoms with Crippen LogP contribution in [0.25, 0.3) is 0 Å². The molecule has 0 atom stereocenters. The quantitative estimate of drug-likeness (QED) is 0.536. The summed E-state index contributed by atoms with van der Waals surface area (Å²) in [7, 11) is 0. The fraction of sp³-hybridized carbons (Fsp3) is 0.250. The van der Waals surface area contributed by atoms with Crippen molar-refractivity contribution in [3.8, 4) is 0 Å². The van der Waals surface area contributed by atoms with Crippen molar-refractivity contribution in [3.05, 3.63) is 75.6 Å². The molecule has 0 bridgehead atoms. The molecule has 23 heavy (non-hydrogen) atoms. The second-order valence-electron chi connectivity index (χ2n) is 5.39. The second-order valence-corrected chi connectivity index (χ2v) is 5.39. The third kappa shape index (κ3) is 2.98. The van der Waals surface area contributed by atoms with Gasteiger partial charge in [0, 0.05) is 18.9 Å². The van der Waals surface area contributed by atoms with Crippen LogP contribution >= 0.6 is 0 Å². The lowest BCUT2D eigenvalue weighted by Crippen LogP contribution is -2.11. The number of benzene rings is 1. The summed E-state index contributed by atoms with van der Waals surface area (Å²) >= 11 is 0. The number of hydrogen-bond donors (Lipinski definition) is 0. The first-order chi connectivity index (χ1) is 11.1. The summed E-state index contributed by atoms with van der Waals surface area (Å²) in [5.74, 6) is 0.814. The van der Waals surface area contributed by atoms with Crippen LogP contribution in [0.1, 0.15) is 22.8 Å². The van der Waals surface area contributed by atoms with Gasteiger partial charge >= 0.3 is 5.69 Å². The molecule has 3 aromatic rings. The summed E-state index contributed by atoms with van der Waals surface area (Å²) in [4.78, 5) is 15.1. The van der Waals surface area contributed by atoms with E-state index in [9.17, 15) is 10.1 Å². The lowest BCUT2D eigenvalue weighted by atomic mass is 10.2. The van der Waals surface area contributed by atoms with Crippen molar-refractivity contribution in [2.24, 2.45) is 0 Å². The first-order valence-electron chi connectivity index (χ1n) is 7.28. The highest BCUT2D eigenvalue weighted by molar-refractivity contribution is 5.39. The van der Waals surface area contributed by atoms with Crippen molar-refractivity contribution >= 4 is 5.69 Å². The lowest BCUT2D eigenvalue weighted by Gasteiger charge is -2.09. The molecule has 7 nitrogen and oxygen atoms in total. The third-order valence-corrected chi connectivity index (χ3v) is 3.81. The third-order valence-electron chi connectivity index (χ3n) is 3.81. The minimum absolute atomic E-state index is 0.0752. The zero-order valence-electron chi connectivity index (χ0n) is 13.0. The van der Waals surface area contributed by atoms with Crippen LogP contribution in [0.4, 0.5) is 5.69 Å². The summed E-state index contributed by atoms with van der Waals surface area (Å²) in [5, 5.41) is 15.4. The molecule has 0 aliphatic heterocycles. The molecule has 1 aromatic carbocycles. The maximum atomic E-state index is 11.1. The van der Waals surface area contributed by atoms with Crippen LogP contribution in [0, 0.1) is 24.0 Å². The van der Waals surface area contributed by atoms with E-state index in [4.69, 9.17) is 0 Å². The van der Waals surface area contributed by atoms with Gasteiger partial charge in [-0.2, -0.15) is 5.10 Å². The number of rotatable bonds is 5. The minimum atomic E-state index is -0.384. The van der Waals surface area contributed by atoms with Gasteiger partial charge in [-0.05, 0) is 19.4 Å². The highest BCUT2D eigenvalue weighted by Gasteiger charge is 2.22. The van der Waals surface area contributed by atoms with E-state index in [1.54, 1.807) is 24.7 Å². The highest BCUT2D eigenvalue weighted by atomic mass is 16.6. The molecule has 2 aromatic heterocycles. The van der Waals surface area contributed by atoms with Gasteiger partial charge in [0.2, 0.25) is 0 Å². The summed E-state index contributed by atoms with van der Waals surface area (Å²) in [6, 6.07) is 10.1. The van der Waals surface area contributed by atoms with E-state index in [2.05, 4.69) is 22.2 Å². The summed E-state index contributed by atoms with van der Waals surface area (Å²) in [5.41, 5.74) is 2.22. The second kappa shape index (κ2) is 6.04. The molecular formula is C16H17N5O2. The number of aryl methyl sites for hydroxylation is 1. The standard InChI is InChI=1S/C16H17N5O2/c1-12-16(21(22)23)13(2)20(18-12)11-15-17-8-9-19(15)10-14-6-4-3-5-7-14/h3-9H,10-11H2,1-2H3. The SMILES string of the molecule is Cc1nn(Cc2nccn2Cc2ccccc2)c(C)c1[N+](=O)[O-]. The highest BCUT2D eigenvalue weighted by Crippen LogP contribution is 2.22. The van der Waals surface area contributed by atoms with Gasteiger partial charge in [-0.1, -0.05) is 30.3 Å². The largest absolute Gasteiger partial charge is 0.329 e. The molecule has 0 saturated heterocycles. The zero-order chi connectivity index (χ0) is 16.4. The number of hydrogen-bond acceptors (Lipinski definition) is 4. The molecule has 0 aliphatic carbocycles. The van der Waals surface area contributed by atoms with Gasteiger partial charge in [-0.15, -0.1) is 0 Å². The Morgan fingerprint density at radius 1 is 1.17 bits per heavy atom. The van der Waals surface area contributed by atoms with E-state index < -0.39 is 0 Å². The van der Waals surface area contributed by atoms with Crippen molar-refractivity contribution in [1.29, 1.82) is 0 Å². The Labute approximate surface area is 133 Å². The normalized spacial score (nSPS) is 10.9. The molecule has 118 valence electrons. The van der Waals surface area contributed by atoms with Crippen LogP contribution in [0.3, 0.4) is 0 Å². The minimum Gasteiger partial charge on any atom is -0.329 e. The Morgan fingerprint density at radius 3 is 2.57 bits per heavy atom. The predicted octanol–water partition coefficient (Wildman–Crippen LogP) is 2.70. The van der Waals surface area contributed by atoms with E-state index in [0.29, 0.717) is 24.5 Å². The van der Waals surface area contributed by atoms with E-state index >= 15 is 0 Å². The lowest BCUT2D eigenvalue weighted by molar-refractivity contribution is -0.386. The average Bonchev–Trinajstić information content (AvgIpc) is 3.05. The summed E-state index contributed by atoms with van der Waals surface area (Å²) in [6.45, 7) is 4.47. The van der Waals surface area contributed by atoms with Gasteiger partial charge in [-0.25, -0.2) is 4.98 Å². The first-order valence-corrected chi connectivity index (χ1v) is 7.28. The van der Waals surface area contributed by atoms with Gasteiger partial charge in [0.15, 0.2) is 0 Å². The molecule has 2 heterocycles. The molecule has 0 unspecified atom stereocenters. The fourth-order valence-corrected chi connectivity index (χ4v) is 2.66. The van der Waals surface area contributed by atoms with Crippen LogP contribution in [0.5, 0.6) is 0 Å². The van der Waals surface area contributed by atoms with Crippen LogP contribution in [-0.4, -0.2) is 24.3 Å². The molecule has 0 aliphatic rings. The molecule has 0 saturated carbocycles. The zero-order valence-corrected chi connectivity index (χ0v) is 13.0. The topological polar surface area (TPSA) is 78.8 Å². The summed E-state index contributed by atoms with van der Waals surface area (Å²) in [6.07, 6.45) is 3.64. The Kier molecular flexibility index (Phi) is 3.92. The maximum absolute atomic E-state index is 11.1. The van der Waals surface area contributed by atoms with Crippen molar-refractivity contribution in [1.82, 2.24) is 19.3 Å². The van der Waals surface area contributed by atoms with Gasteiger partial charge in [0.05, 0.1) is 11.5 Å². The van der Waals surface area contributed by atoms with Crippen LogP contribution in [-0.2, 0) is 13.1 Å². The summed E-state index contributed by atoms with van der Waals surface area (Å²) < 4.78 is 3.66. The average molecular weight is 311 g/mol. The van der Waals surface area contributed by atoms with Crippen LogP contribution in [0.2, 0.25) is 0 Å². The fourth-order valence-electron chi connectivity index (χ4n) is 2.66. The first kappa shape index (κ1) is 15.0. The van der Waals surface area contributed by atoms with Crippen molar-refractivity contribution in [3.63, 3.8) is 0 Å².